The number of pyridine rings is 1. The minimum absolute atomic E-state index is 0.101. The lowest BCUT2D eigenvalue weighted by Gasteiger charge is -2.05. The van der Waals surface area contributed by atoms with E-state index in [4.69, 9.17) is 5.10 Å². The summed E-state index contributed by atoms with van der Waals surface area (Å²) in [5.74, 6) is 0.507. The van der Waals surface area contributed by atoms with Gasteiger partial charge in [-0.25, -0.2) is 14.2 Å². The molecule has 1 aliphatic rings. The number of hydrogen-bond acceptors (Lipinski definition) is 5. The predicted octanol–water partition coefficient (Wildman–Crippen LogP) is 2.34. The Hall–Kier alpha value is -4.01. The fourth-order valence-electron chi connectivity index (χ4n) is 4.12. The minimum Gasteiger partial charge on any atom is -0.350 e. The molecule has 0 aliphatic carbocycles. The van der Waals surface area contributed by atoms with E-state index < -0.39 is 0 Å². The predicted molar refractivity (Wildman–Crippen MR) is 123 cm³/mol. The number of aromatic nitrogens is 6. The van der Waals surface area contributed by atoms with Crippen molar-refractivity contribution in [2.75, 3.05) is 0 Å². The molecule has 1 aliphatic heterocycles. The van der Waals surface area contributed by atoms with Crippen LogP contribution in [0.3, 0.4) is 0 Å². The van der Waals surface area contributed by atoms with Crippen molar-refractivity contribution in [3.05, 3.63) is 82.9 Å². The molecule has 0 atom stereocenters. The van der Waals surface area contributed by atoms with Gasteiger partial charge >= 0.3 is 5.69 Å². The third-order valence-corrected chi connectivity index (χ3v) is 5.82. The van der Waals surface area contributed by atoms with Gasteiger partial charge in [0.1, 0.15) is 12.4 Å². The van der Waals surface area contributed by atoms with E-state index in [1.807, 2.05) is 48.7 Å². The van der Waals surface area contributed by atoms with Crippen molar-refractivity contribution in [2.24, 2.45) is 0 Å². The summed E-state index contributed by atoms with van der Waals surface area (Å²) in [7, 11) is 0. The lowest BCUT2D eigenvalue weighted by atomic mass is 10.1. The number of amides is 1. The van der Waals surface area contributed by atoms with Crippen LogP contribution in [0.25, 0.3) is 16.9 Å². The van der Waals surface area contributed by atoms with Gasteiger partial charge in [0.05, 0.1) is 11.4 Å². The van der Waals surface area contributed by atoms with Crippen molar-refractivity contribution < 1.29 is 4.79 Å². The van der Waals surface area contributed by atoms with Crippen LogP contribution < -0.4 is 11.0 Å². The third-order valence-electron chi connectivity index (χ3n) is 5.82. The number of aryl methyl sites for hydroxylation is 1. The van der Waals surface area contributed by atoms with E-state index in [2.05, 4.69) is 15.4 Å². The Balaban J connectivity index is 1.34. The maximum atomic E-state index is 12.7. The zero-order valence-corrected chi connectivity index (χ0v) is 18.2. The van der Waals surface area contributed by atoms with Crippen LogP contribution in [0.2, 0.25) is 0 Å². The zero-order chi connectivity index (χ0) is 22.6. The number of fused-ring (bicyclic) bond motifs is 1. The monoisotopic (exact) mass is 443 g/mol. The number of benzene rings is 1. The Bertz CT molecular complexity index is 1310. The first-order chi connectivity index (χ1) is 16.2. The van der Waals surface area contributed by atoms with Crippen molar-refractivity contribution in [1.29, 1.82) is 0 Å². The first-order valence-corrected chi connectivity index (χ1v) is 11.2. The molecule has 3 aromatic heterocycles. The van der Waals surface area contributed by atoms with Crippen LogP contribution in [0.4, 0.5) is 0 Å². The van der Waals surface area contributed by atoms with E-state index in [1.165, 1.54) is 4.68 Å². The molecule has 0 fully saturated rings. The number of hydrogen-bond donors (Lipinski definition) is 1. The molecule has 0 bridgehead atoms. The van der Waals surface area contributed by atoms with Crippen molar-refractivity contribution in [3.63, 3.8) is 0 Å². The van der Waals surface area contributed by atoms with Crippen LogP contribution in [-0.2, 0) is 30.8 Å². The molecule has 4 heterocycles. The molecule has 9 heteroatoms. The molecule has 9 nitrogen and oxygen atoms in total. The number of carbonyl (C=O) groups excluding carboxylic acids is 1. The SMILES string of the molecule is O=C(Cn1nc2n(c1=O)CCCCC2)NCc1cn(-c2ccccc2)nc1-c1ccncc1. The summed E-state index contributed by atoms with van der Waals surface area (Å²) >= 11 is 0. The second kappa shape index (κ2) is 9.23. The summed E-state index contributed by atoms with van der Waals surface area (Å²) in [6.45, 7) is 0.853. The molecule has 168 valence electrons. The average Bonchev–Trinajstić information content (AvgIpc) is 3.31. The Labute approximate surface area is 190 Å². The van der Waals surface area contributed by atoms with Gasteiger partial charge in [-0.2, -0.15) is 10.2 Å². The van der Waals surface area contributed by atoms with Gasteiger partial charge in [0.25, 0.3) is 0 Å². The number of nitrogens with one attached hydrogen (secondary N) is 1. The first kappa shape index (κ1) is 20.9. The van der Waals surface area contributed by atoms with E-state index in [1.54, 1.807) is 21.6 Å². The van der Waals surface area contributed by atoms with Gasteiger partial charge < -0.3 is 5.32 Å². The highest BCUT2D eigenvalue weighted by atomic mass is 16.2. The summed E-state index contributed by atoms with van der Waals surface area (Å²) in [6.07, 6.45) is 9.20. The number of carbonyl (C=O) groups is 1. The van der Waals surface area contributed by atoms with Gasteiger partial charge in [-0.15, -0.1) is 0 Å². The fraction of sp³-hybridized carbons (Fsp3) is 0.292. The van der Waals surface area contributed by atoms with Crippen molar-refractivity contribution in [2.45, 2.75) is 45.3 Å². The molecule has 5 rings (SSSR count). The summed E-state index contributed by atoms with van der Waals surface area (Å²) in [5, 5.41) is 12.1. The van der Waals surface area contributed by atoms with E-state index in [9.17, 15) is 9.59 Å². The molecule has 0 saturated carbocycles. The maximum Gasteiger partial charge on any atom is 0.346 e. The van der Waals surface area contributed by atoms with Gasteiger partial charge in [-0.1, -0.05) is 24.6 Å². The standard InChI is InChI=1S/C24H25N7O2/c32-22(17-31-24(33)29-14-6-2-5-9-21(29)27-31)26-15-19-16-30(20-7-3-1-4-8-20)28-23(19)18-10-12-25-13-11-18/h1,3-4,7-8,10-13,16H,2,5-6,9,14-15,17H2,(H,26,32). The van der Waals surface area contributed by atoms with E-state index in [0.717, 1.165) is 54.0 Å². The van der Waals surface area contributed by atoms with Crippen LogP contribution in [0.15, 0.2) is 65.8 Å². The van der Waals surface area contributed by atoms with Crippen LogP contribution in [0.5, 0.6) is 0 Å². The Morgan fingerprint density at radius 3 is 2.64 bits per heavy atom. The lowest BCUT2D eigenvalue weighted by molar-refractivity contribution is -0.122. The van der Waals surface area contributed by atoms with Crippen molar-refractivity contribution in [3.8, 4) is 16.9 Å². The smallest absolute Gasteiger partial charge is 0.346 e. The molecule has 1 amide bonds. The number of rotatable bonds is 6. The highest BCUT2D eigenvalue weighted by Crippen LogP contribution is 2.23. The number of nitrogens with zero attached hydrogens (tertiary/aromatic N) is 6. The molecule has 1 aromatic carbocycles. The minimum atomic E-state index is -0.265. The first-order valence-electron chi connectivity index (χ1n) is 11.2. The molecule has 0 radical (unpaired) electrons. The van der Waals surface area contributed by atoms with Gasteiger partial charge in [-0.3, -0.25) is 14.3 Å². The van der Waals surface area contributed by atoms with Gasteiger partial charge in [0.2, 0.25) is 5.91 Å². The van der Waals surface area contributed by atoms with Crippen LogP contribution in [0, 0.1) is 0 Å². The fourth-order valence-corrected chi connectivity index (χ4v) is 4.12. The molecule has 0 unspecified atom stereocenters. The van der Waals surface area contributed by atoms with Crippen molar-refractivity contribution >= 4 is 5.91 Å². The second-order valence-corrected chi connectivity index (χ2v) is 8.11. The van der Waals surface area contributed by atoms with Crippen molar-refractivity contribution in [1.82, 2.24) is 34.4 Å². The molecular weight excluding hydrogens is 418 g/mol. The van der Waals surface area contributed by atoms with E-state index >= 15 is 0 Å². The average molecular weight is 444 g/mol. The summed E-state index contributed by atoms with van der Waals surface area (Å²) in [4.78, 5) is 29.4. The van der Waals surface area contributed by atoms with Gasteiger partial charge in [0.15, 0.2) is 0 Å². The quantitative estimate of drug-likeness (QED) is 0.493. The highest BCUT2D eigenvalue weighted by Gasteiger charge is 2.18. The van der Waals surface area contributed by atoms with E-state index in [0.29, 0.717) is 6.54 Å². The number of para-hydroxylation sites is 1. The third kappa shape index (κ3) is 4.48. The largest absolute Gasteiger partial charge is 0.350 e. The highest BCUT2D eigenvalue weighted by molar-refractivity contribution is 5.76. The van der Waals surface area contributed by atoms with Crippen LogP contribution in [-0.4, -0.2) is 35.0 Å². The second-order valence-electron chi connectivity index (χ2n) is 8.11. The summed E-state index contributed by atoms with van der Waals surface area (Å²) in [6, 6.07) is 13.6. The Morgan fingerprint density at radius 1 is 1.00 bits per heavy atom. The molecule has 33 heavy (non-hydrogen) atoms. The topological polar surface area (TPSA) is 99.6 Å². The molecular formula is C24H25N7O2. The van der Waals surface area contributed by atoms with E-state index in [-0.39, 0.29) is 24.7 Å². The normalized spacial score (nSPS) is 13.3. The van der Waals surface area contributed by atoms with Gasteiger partial charge in [0, 0.05) is 49.2 Å². The summed E-state index contributed by atoms with van der Waals surface area (Å²) < 4.78 is 4.77. The Kier molecular flexibility index (Phi) is 5.84. The maximum absolute atomic E-state index is 12.7. The van der Waals surface area contributed by atoms with Crippen LogP contribution in [0.1, 0.15) is 30.7 Å². The molecule has 4 aromatic rings. The molecule has 0 spiro atoms. The summed E-state index contributed by atoms with van der Waals surface area (Å²) in [5.41, 5.74) is 3.27. The molecule has 1 N–H and O–H groups in total. The van der Waals surface area contributed by atoms with Crippen LogP contribution >= 0.6 is 0 Å². The van der Waals surface area contributed by atoms with Gasteiger partial charge in [-0.05, 0) is 37.1 Å². The Morgan fingerprint density at radius 2 is 1.82 bits per heavy atom. The zero-order valence-electron chi connectivity index (χ0n) is 18.2. The lowest BCUT2D eigenvalue weighted by Crippen LogP contribution is -2.33. The molecule has 0 saturated heterocycles.